The second-order valence-electron chi connectivity index (χ2n) is 12.1. The summed E-state index contributed by atoms with van der Waals surface area (Å²) < 4.78 is 23.9. The topological polar surface area (TPSA) is 290 Å². The molecule has 15 atom stereocenters. The first-order valence-corrected chi connectivity index (χ1v) is 14.8. The minimum atomic E-state index is -1.86. The summed E-state index contributed by atoms with van der Waals surface area (Å²) in [5, 5.41) is 71.2. The van der Waals surface area contributed by atoms with E-state index in [-0.39, 0.29) is 25.7 Å². The molecule has 1 amide bonds. The van der Waals surface area contributed by atoms with Crippen molar-refractivity contribution in [2.24, 2.45) is 17.2 Å². The molecule has 0 aromatic rings. The zero-order valence-electron chi connectivity index (χ0n) is 25.0. The van der Waals surface area contributed by atoms with Gasteiger partial charge >= 0.3 is 0 Å². The number of nitrogens with two attached hydrogens (primary N) is 3. The van der Waals surface area contributed by atoms with E-state index in [4.69, 9.17) is 36.1 Å². The van der Waals surface area contributed by atoms with Crippen LogP contribution in [0.4, 0.5) is 0 Å². The molecular weight excluding hydrogens is 572 g/mol. The number of hydrogen-bond donors (Lipinski definition) is 12. The predicted octanol–water partition coefficient (Wildman–Crippen LogP) is -6.13. The summed E-state index contributed by atoms with van der Waals surface area (Å²) in [5.41, 5.74) is 16.7. The number of rotatable bonds is 13. The molecule has 252 valence electrons. The van der Waals surface area contributed by atoms with Crippen LogP contribution >= 0.6 is 0 Å². The van der Waals surface area contributed by atoms with Crippen molar-refractivity contribution in [2.75, 3.05) is 33.3 Å². The van der Waals surface area contributed by atoms with Crippen LogP contribution in [0, 0.1) is 0 Å². The molecule has 2 aliphatic heterocycles. The summed E-state index contributed by atoms with van der Waals surface area (Å²) in [5.74, 6) is -0.971. The maximum absolute atomic E-state index is 12.7. The lowest BCUT2D eigenvalue weighted by molar-refractivity contribution is -0.307. The lowest BCUT2D eigenvalue weighted by atomic mass is 9.83. The van der Waals surface area contributed by atoms with E-state index in [1.54, 1.807) is 14.0 Å². The van der Waals surface area contributed by atoms with Gasteiger partial charge in [0, 0.05) is 25.7 Å². The molecule has 17 heteroatoms. The molecular formula is C26H52N6O11. The van der Waals surface area contributed by atoms with E-state index in [0.29, 0.717) is 25.9 Å². The average molecular weight is 625 g/mol. The molecule has 3 fully saturated rings. The van der Waals surface area contributed by atoms with Crippen molar-refractivity contribution < 1.29 is 54.4 Å². The molecule has 7 unspecified atom stereocenters. The lowest BCUT2D eigenvalue weighted by Crippen LogP contribution is -2.69. The van der Waals surface area contributed by atoms with E-state index in [0.717, 1.165) is 0 Å². The Labute approximate surface area is 251 Å². The fourth-order valence-corrected chi connectivity index (χ4v) is 5.79. The van der Waals surface area contributed by atoms with Crippen molar-refractivity contribution in [3.05, 3.63) is 0 Å². The van der Waals surface area contributed by atoms with Crippen molar-refractivity contribution >= 4 is 5.91 Å². The number of carbonyl (C=O) groups is 1. The third-order valence-corrected chi connectivity index (χ3v) is 8.25. The number of aliphatic hydroxyl groups excluding tert-OH is 5. The number of hydrogen-bond acceptors (Lipinski definition) is 16. The van der Waals surface area contributed by atoms with E-state index in [1.165, 1.54) is 6.92 Å². The quantitative estimate of drug-likeness (QED) is 0.0907. The van der Waals surface area contributed by atoms with E-state index in [1.807, 2.05) is 0 Å². The molecule has 17 nitrogen and oxygen atoms in total. The fourth-order valence-electron chi connectivity index (χ4n) is 5.79. The number of aliphatic hydroxyl groups is 6. The fraction of sp³-hybridized carbons (Fsp3) is 0.962. The molecule has 1 aliphatic carbocycles. The molecule has 2 heterocycles. The summed E-state index contributed by atoms with van der Waals surface area (Å²) in [6.45, 7) is 3.39. The Morgan fingerprint density at radius 1 is 1.07 bits per heavy atom. The van der Waals surface area contributed by atoms with Gasteiger partial charge in [0.2, 0.25) is 0 Å². The Bertz CT molecular complexity index is 875. The molecule has 3 aliphatic rings. The Kier molecular flexibility index (Phi) is 13.5. The smallest absolute Gasteiger partial charge is 0.251 e. The summed E-state index contributed by atoms with van der Waals surface area (Å²) in [7, 11) is 1.55. The van der Waals surface area contributed by atoms with Gasteiger partial charge in [0.05, 0.1) is 36.9 Å². The number of amides is 1. The van der Waals surface area contributed by atoms with Gasteiger partial charge in [-0.05, 0) is 40.2 Å². The first-order chi connectivity index (χ1) is 20.2. The zero-order valence-corrected chi connectivity index (χ0v) is 25.0. The van der Waals surface area contributed by atoms with Crippen molar-refractivity contribution in [3.63, 3.8) is 0 Å². The van der Waals surface area contributed by atoms with Gasteiger partial charge in [-0.3, -0.25) is 4.79 Å². The Hall–Kier alpha value is -1.13. The zero-order chi connectivity index (χ0) is 32.1. The summed E-state index contributed by atoms with van der Waals surface area (Å²) >= 11 is 0. The largest absolute Gasteiger partial charge is 0.392 e. The molecule has 0 radical (unpaired) electrons. The number of ether oxygens (including phenoxy) is 4. The van der Waals surface area contributed by atoms with Crippen LogP contribution in [0.25, 0.3) is 0 Å². The van der Waals surface area contributed by atoms with E-state index < -0.39 is 91.0 Å². The van der Waals surface area contributed by atoms with Gasteiger partial charge in [0.1, 0.15) is 36.1 Å². The van der Waals surface area contributed by atoms with Gasteiger partial charge in [-0.1, -0.05) is 0 Å². The van der Waals surface area contributed by atoms with Crippen LogP contribution in [-0.2, 0) is 23.7 Å². The Morgan fingerprint density at radius 3 is 2.37 bits per heavy atom. The van der Waals surface area contributed by atoms with Crippen LogP contribution in [0.2, 0.25) is 0 Å². The number of nitrogens with one attached hydrogen (secondary N) is 3. The van der Waals surface area contributed by atoms with Gasteiger partial charge in [0.25, 0.3) is 5.91 Å². The maximum Gasteiger partial charge on any atom is 0.251 e. The average Bonchev–Trinajstić information content (AvgIpc) is 2.94. The first-order valence-electron chi connectivity index (χ1n) is 14.8. The molecule has 3 rings (SSSR count). The molecule has 15 N–H and O–H groups in total. The second-order valence-corrected chi connectivity index (χ2v) is 12.1. The molecule has 0 aromatic carbocycles. The van der Waals surface area contributed by atoms with Crippen molar-refractivity contribution in [1.82, 2.24) is 16.0 Å². The highest BCUT2D eigenvalue weighted by Gasteiger charge is 2.52. The van der Waals surface area contributed by atoms with Crippen LogP contribution in [0.5, 0.6) is 0 Å². The normalized spacial score (nSPS) is 42.7. The van der Waals surface area contributed by atoms with E-state index in [9.17, 15) is 35.4 Å². The molecule has 0 spiro atoms. The predicted molar refractivity (Wildman–Crippen MR) is 151 cm³/mol. The van der Waals surface area contributed by atoms with Crippen molar-refractivity contribution in [3.8, 4) is 0 Å². The van der Waals surface area contributed by atoms with Crippen LogP contribution < -0.4 is 33.2 Å². The molecule has 2 saturated heterocycles. The minimum absolute atomic E-state index is 0.0130. The van der Waals surface area contributed by atoms with Crippen LogP contribution in [0.1, 0.15) is 33.1 Å². The summed E-state index contributed by atoms with van der Waals surface area (Å²) in [6, 6.07) is -3.28. The minimum Gasteiger partial charge on any atom is -0.392 e. The third-order valence-electron chi connectivity index (χ3n) is 8.25. The number of likely N-dealkylation sites (N-methyl/N-ethyl adjacent to an activating group) is 1. The van der Waals surface area contributed by atoms with Gasteiger partial charge in [0.15, 0.2) is 18.7 Å². The van der Waals surface area contributed by atoms with Crippen molar-refractivity contribution in [1.29, 1.82) is 0 Å². The van der Waals surface area contributed by atoms with E-state index >= 15 is 0 Å². The van der Waals surface area contributed by atoms with Crippen molar-refractivity contribution in [2.45, 2.75) is 124 Å². The van der Waals surface area contributed by atoms with Crippen LogP contribution in [0.3, 0.4) is 0 Å². The van der Waals surface area contributed by atoms with Gasteiger partial charge in [-0.25, -0.2) is 0 Å². The van der Waals surface area contributed by atoms with Gasteiger partial charge in [-0.2, -0.15) is 0 Å². The first kappa shape index (κ1) is 36.3. The summed E-state index contributed by atoms with van der Waals surface area (Å²) in [4.78, 5) is 12.7. The second kappa shape index (κ2) is 15.9. The van der Waals surface area contributed by atoms with Gasteiger partial charge < -0.3 is 82.7 Å². The highest BCUT2D eigenvalue weighted by molar-refractivity contribution is 5.81. The lowest BCUT2D eigenvalue weighted by Gasteiger charge is -2.49. The highest BCUT2D eigenvalue weighted by Crippen LogP contribution is 2.32. The Morgan fingerprint density at radius 2 is 1.74 bits per heavy atom. The molecule has 1 saturated carbocycles. The molecule has 43 heavy (non-hydrogen) atoms. The Balaban J connectivity index is 1.79. The van der Waals surface area contributed by atoms with E-state index in [2.05, 4.69) is 16.0 Å². The summed E-state index contributed by atoms with van der Waals surface area (Å²) in [6.07, 6.45) is -10.6. The highest BCUT2D eigenvalue weighted by atomic mass is 16.7. The SMILES string of the molecule is CN[C@@H]1C(O)[C@@H](OC2C(O)C(O[C@H]3O[C@H](CNCC(C)O)CCC3N)[C@@H](N)C[C@H]2NC(=O)[C@@H](O)[C@@H](O)CN)OCC1(C)O. The van der Waals surface area contributed by atoms with Crippen LogP contribution in [0.15, 0.2) is 0 Å². The molecule has 0 bridgehead atoms. The third kappa shape index (κ3) is 9.21. The number of carbonyl (C=O) groups excluding carboxylic acids is 1. The molecule has 0 aromatic heterocycles. The maximum atomic E-state index is 12.7. The monoisotopic (exact) mass is 624 g/mol. The standard InChI is InChI=1S/C26H52N6O11/c1-11(33)8-31-9-12-4-5-13(28)24(41-12)42-20-14(29)6-15(32-23(38)17(35)16(34)7-27)21(18(20)36)43-25-19(37)22(30-3)26(2,39)10-40-25/h11-22,24-25,30-31,33-37,39H,4-10,27-29H2,1-3H3,(H,32,38)/t11?,12-,13?,14-,15+,16-,17-,18?,19?,20?,21?,22+,24+,25+,26?/m0/s1. The van der Waals surface area contributed by atoms with Gasteiger partial charge in [-0.15, -0.1) is 0 Å². The van der Waals surface area contributed by atoms with Crippen LogP contribution in [-0.4, -0.2) is 161 Å².